The Balaban J connectivity index is 2.33. The van der Waals surface area contributed by atoms with Crippen LogP contribution in [0.3, 0.4) is 0 Å². The van der Waals surface area contributed by atoms with E-state index in [2.05, 4.69) is 17.5 Å². The minimum atomic E-state index is -4.48. The predicted octanol–water partition coefficient (Wildman–Crippen LogP) is 4.16. The van der Waals surface area contributed by atoms with E-state index in [9.17, 15) is 13.2 Å². The number of hydrogen-bond acceptors (Lipinski definition) is 3. The quantitative estimate of drug-likeness (QED) is 0.817. The molecule has 0 aliphatic heterocycles. The van der Waals surface area contributed by atoms with E-state index in [1.165, 1.54) is 13.2 Å². The number of ether oxygens (including phenoxy) is 2. The molecule has 23 heavy (non-hydrogen) atoms. The van der Waals surface area contributed by atoms with Crippen molar-refractivity contribution in [2.24, 2.45) is 5.73 Å². The number of nitrogens with one attached hydrogen (secondary N) is 1. The van der Waals surface area contributed by atoms with Crippen LogP contribution in [0.4, 0.5) is 18.9 Å². The zero-order valence-electron chi connectivity index (χ0n) is 12.0. The van der Waals surface area contributed by atoms with Gasteiger partial charge < -0.3 is 20.5 Å². The van der Waals surface area contributed by atoms with Gasteiger partial charge in [0.25, 0.3) is 0 Å². The van der Waals surface area contributed by atoms with Crippen molar-refractivity contribution in [3.05, 3.63) is 48.0 Å². The molecule has 0 bridgehead atoms. The monoisotopic (exact) mass is 342 g/mol. The van der Waals surface area contributed by atoms with E-state index in [-0.39, 0.29) is 16.5 Å². The number of hydrogen-bond donors (Lipinski definition) is 2. The minimum absolute atomic E-state index is 0.0307. The molecule has 0 heterocycles. The third-order valence-corrected chi connectivity index (χ3v) is 2.95. The highest BCUT2D eigenvalue weighted by atomic mass is 32.1. The Morgan fingerprint density at radius 3 is 2.22 bits per heavy atom. The van der Waals surface area contributed by atoms with Crippen molar-refractivity contribution >= 4 is 23.0 Å². The highest BCUT2D eigenvalue weighted by molar-refractivity contribution is 7.80. The van der Waals surface area contributed by atoms with Gasteiger partial charge in [-0.25, -0.2) is 0 Å². The van der Waals surface area contributed by atoms with Gasteiger partial charge in [0.1, 0.15) is 11.5 Å². The van der Waals surface area contributed by atoms with Gasteiger partial charge in [-0.1, -0.05) is 0 Å². The van der Waals surface area contributed by atoms with Gasteiger partial charge >= 0.3 is 6.18 Å². The summed E-state index contributed by atoms with van der Waals surface area (Å²) in [5, 5.41) is 2.33. The third-order valence-electron chi connectivity index (χ3n) is 2.85. The molecule has 3 N–H and O–H groups in total. The summed E-state index contributed by atoms with van der Waals surface area (Å²) in [4.78, 5) is 0. The number of alkyl halides is 3. The number of anilines is 1. The number of rotatable bonds is 4. The van der Waals surface area contributed by atoms with E-state index in [1.54, 1.807) is 24.3 Å². The van der Waals surface area contributed by atoms with Crippen LogP contribution < -0.4 is 20.5 Å². The summed E-state index contributed by atoms with van der Waals surface area (Å²) < 4.78 is 49.0. The average Bonchev–Trinajstić information content (AvgIpc) is 2.48. The molecule has 0 amide bonds. The first-order valence-electron chi connectivity index (χ1n) is 6.39. The molecule has 0 fully saturated rings. The van der Waals surface area contributed by atoms with Crippen LogP contribution in [0.5, 0.6) is 17.2 Å². The van der Waals surface area contributed by atoms with Crippen molar-refractivity contribution in [3.63, 3.8) is 0 Å². The van der Waals surface area contributed by atoms with Gasteiger partial charge in [-0.2, -0.15) is 13.2 Å². The summed E-state index contributed by atoms with van der Waals surface area (Å²) >= 11 is 4.68. The van der Waals surface area contributed by atoms with Gasteiger partial charge in [0.05, 0.1) is 18.4 Å². The summed E-state index contributed by atoms with van der Waals surface area (Å²) in [5.41, 5.74) is 4.55. The topological polar surface area (TPSA) is 56.5 Å². The molecule has 8 heteroatoms. The molecule has 0 saturated heterocycles. The fraction of sp³-hybridized carbons (Fsp3) is 0.133. The number of nitrogens with two attached hydrogens (primary N) is 1. The smallest absolute Gasteiger partial charge is 0.416 e. The lowest BCUT2D eigenvalue weighted by atomic mass is 10.1. The maximum atomic E-state index is 12.8. The van der Waals surface area contributed by atoms with Crippen molar-refractivity contribution < 1.29 is 22.6 Å². The Morgan fingerprint density at radius 2 is 1.70 bits per heavy atom. The summed E-state index contributed by atoms with van der Waals surface area (Å²) in [5.74, 6) is 1.22. The SMILES string of the molecule is COc1ccc(Oc2ccc(C(F)(F)F)cc2NC(N)=S)cc1. The summed E-state index contributed by atoms with van der Waals surface area (Å²) in [6, 6.07) is 9.59. The van der Waals surface area contributed by atoms with Gasteiger partial charge in [-0.05, 0) is 54.7 Å². The summed E-state index contributed by atoms with van der Waals surface area (Å²) in [6.45, 7) is 0. The predicted molar refractivity (Wildman–Crippen MR) is 84.9 cm³/mol. The Labute approximate surface area is 136 Å². The molecule has 0 unspecified atom stereocenters. The highest BCUT2D eigenvalue weighted by Gasteiger charge is 2.31. The molecule has 0 atom stereocenters. The van der Waals surface area contributed by atoms with Crippen molar-refractivity contribution in [1.29, 1.82) is 0 Å². The zero-order chi connectivity index (χ0) is 17.0. The van der Waals surface area contributed by atoms with Crippen LogP contribution in [0.1, 0.15) is 5.56 Å². The molecule has 2 rings (SSSR count). The number of halogens is 3. The largest absolute Gasteiger partial charge is 0.497 e. The Kier molecular flexibility index (Phi) is 4.95. The van der Waals surface area contributed by atoms with E-state index in [0.29, 0.717) is 11.5 Å². The zero-order valence-corrected chi connectivity index (χ0v) is 12.8. The first-order valence-corrected chi connectivity index (χ1v) is 6.80. The summed E-state index contributed by atoms with van der Waals surface area (Å²) in [6.07, 6.45) is -4.48. The number of benzene rings is 2. The lowest BCUT2D eigenvalue weighted by Crippen LogP contribution is -2.19. The molecule has 0 aliphatic rings. The second-order valence-corrected chi connectivity index (χ2v) is 4.92. The fourth-order valence-electron chi connectivity index (χ4n) is 1.80. The third kappa shape index (κ3) is 4.49. The molecule has 2 aromatic carbocycles. The maximum absolute atomic E-state index is 12.8. The van der Waals surface area contributed by atoms with E-state index in [1.807, 2.05) is 0 Å². The summed E-state index contributed by atoms with van der Waals surface area (Å²) in [7, 11) is 1.52. The van der Waals surface area contributed by atoms with Crippen molar-refractivity contribution in [2.45, 2.75) is 6.18 Å². The Hall–Kier alpha value is -2.48. The van der Waals surface area contributed by atoms with Gasteiger partial charge in [0, 0.05) is 0 Å². The lowest BCUT2D eigenvalue weighted by Gasteiger charge is -2.15. The molecular formula is C15H13F3N2O2S. The molecule has 4 nitrogen and oxygen atoms in total. The van der Waals surface area contributed by atoms with Crippen molar-refractivity contribution in [1.82, 2.24) is 0 Å². The normalized spacial score (nSPS) is 11.0. The first-order chi connectivity index (χ1) is 10.8. The second-order valence-electron chi connectivity index (χ2n) is 4.48. The minimum Gasteiger partial charge on any atom is -0.497 e. The fourth-order valence-corrected chi connectivity index (χ4v) is 1.91. The molecule has 0 aliphatic carbocycles. The molecule has 0 aromatic heterocycles. The van der Waals surface area contributed by atoms with Crippen molar-refractivity contribution in [2.75, 3.05) is 12.4 Å². The van der Waals surface area contributed by atoms with E-state index >= 15 is 0 Å². The number of thiocarbonyl (C=S) groups is 1. The number of methoxy groups -OCH3 is 1. The highest BCUT2D eigenvalue weighted by Crippen LogP contribution is 2.37. The molecule has 0 saturated carbocycles. The van der Waals surface area contributed by atoms with E-state index in [0.717, 1.165) is 12.1 Å². The van der Waals surface area contributed by atoms with Crippen LogP contribution in [0.2, 0.25) is 0 Å². The van der Waals surface area contributed by atoms with E-state index in [4.69, 9.17) is 15.2 Å². The maximum Gasteiger partial charge on any atom is 0.416 e. The van der Waals surface area contributed by atoms with Gasteiger partial charge in [0.15, 0.2) is 10.9 Å². The molecule has 2 aromatic rings. The van der Waals surface area contributed by atoms with E-state index < -0.39 is 11.7 Å². The van der Waals surface area contributed by atoms with Crippen LogP contribution in [-0.2, 0) is 6.18 Å². The lowest BCUT2D eigenvalue weighted by molar-refractivity contribution is -0.137. The van der Waals surface area contributed by atoms with Crippen molar-refractivity contribution in [3.8, 4) is 17.2 Å². The standard InChI is InChI=1S/C15H13F3N2O2S/c1-21-10-3-5-11(6-4-10)22-13-7-2-9(15(16,17)18)8-12(13)20-14(19)23/h2-8H,1H3,(H3,19,20,23). The van der Waals surface area contributed by atoms with Crippen LogP contribution >= 0.6 is 12.2 Å². The van der Waals surface area contributed by atoms with Gasteiger partial charge in [0.2, 0.25) is 0 Å². The first kappa shape index (κ1) is 16.9. The second kappa shape index (κ2) is 6.74. The molecule has 0 spiro atoms. The molecule has 122 valence electrons. The van der Waals surface area contributed by atoms with Crippen LogP contribution in [0, 0.1) is 0 Å². The average molecular weight is 342 g/mol. The van der Waals surface area contributed by atoms with Gasteiger partial charge in [-0.15, -0.1) is 0 Å². The Bertz CT molecular complexity index is 703. The Morgan fingerprint density at radius 1 is 1.09 bits per heavy atom. The van der Waals surface area contributed by atoms with Gasteiger partial charge in [-0.3, -0.25) is 0 Å². The molecular weight excluding hydrogens is 329 g/mol. The van der Waals surface area contributed by atoms with Crippen LogP contribution in [-0.4, -0.2) is 12.2 Å². The molecule has 0 radical (unpaired) electrons. The van der Waals surface area contributed by atoms with Crippen LogP contribution in [0.25, 0.3) is 0 Å². The van der Waals surface area contributed by atoms with Crippen LogP contribution in [0.15, 0.2) is 42.5 Å².